The summed E-state index contributed by atoms with van der Waals surface area (Å²) in [6, 6.07) is 29.2. The molecule has 7 atom stereocenters. The third-order valence-corrected chi connectivity index (χ3v) is 22.6. The van der Waals surface area contributed by atoms with Crippen molar-refractivity contribution in [1.82, 2.24) is 0 Å². The van der Waals surface area contributed by atoms with Gasteiger partial charge >= 0.3 is 5.97 Å². The van der Waals surface area contributed by atoms with Crippen molar-refractivity contribution in [2.75, 3.05) is 20.8 Å². The molecule has 0 spiro atoms. The zero-order valence-corrected chi connectivity index (χ0v) is 41.3. The minimum absolute atomic E-state index is 0.00404. The summed E-state index contributed by atoms with van der Waals surface area (Å²) in [5.74, 6) is -0.867. The van der Waals surface area contributed by atoms with Crippen molar-refractivity contribution in [3.05, 3.63) is 116 Å². The normalized spacial score (nSPS) is 21.5. The van der Waals surface area contributed by atoms with E-state index >= 15 is 0 Å². The highest BCUT2D eigenvalue weighted by atomic mass is 28.4. The van der Waals surface area contributed by atoms with E-state index < -0.39 is 40.6 Å². The van der Waals surface area contributed by atoms with Gasteiger partial charge in [-0.1, -0.05) is 140 Å². The lowest BCUT2D eigenvalue weighted by Crippen LogP contribution is -2.66. The van der Waals surface area contributed by atoms with Crippen LogP contribution in [0.5, 0.6) is 5.75 Å². The zero-order valence-electron chi connectivity index (χ0n) is 39.3. The van der Waals surface area contributed by atoms with E-state index in [0.29, 0.717) is 38.9 Å². The van der Waals surface area contributed by atoms with Crippen LogP contribution in [0.1, 0.15) is 93.1 Å². The van der Waals surface area contributed by atoms with Gasteiger partial charge in [-0.25, -0.2) is 0 Å². The van der Waals surface area contributed by atoms with Gasteiger partial charge in [0.15, 0.2) is 14.1 Å². The van der Waals surface area contributed by atoms with Gasteiger partial charge in [0.2, 0.25) is 0 Å². The van der Waals surface area contributed by atoms with E-state index in [0.717, 1.165) is 11.3 Å². The summed E-state index contributed by atoms with van der Waals surface area (Å²) >= 11 is 0. The average molecular weight is 873 g/mol. The number of ether oxygens (including phenoxy) is 5. The van der Waals surface area contributed by atoms with Crippen molar-refractivity contribution in [3.63, 3.8) is 0 Å². The van der Waals surface area contributed by atoms with Crippen LogP contribution in [0.3, 0.4) is 0 Å². The predicted molar refractivity (Wildman–Crippen MR) is 254 cm³/mol. The molecule has 4 rings (SSSR count). The first kappa shape index (κ1) is 50.3. The Kier molecular flexibility index (Phi) is 18.0. The molecule has 0 aromatic heterocycles. The van der Waals surface area contributed by atoms with Gasteiger partial charge in [0.1, 0.15) is 11.9 Å². The predicted octanol–water partition coefficient (Wildman–Crippen LogP) is 10.8. The summed E-state index contributed by atoms with van der Waals surface area (Å²) in [7, 11) is -1.73. The molecule has 1 saturated heterocycles. The van der Waals surface area contributed by atoms with E-state index in [4.69, 9.17) is 32.5 Å². The molecular formula is C51H76O8Si2. The lowest BCUT2D eigenvalue weighted by Gasteiger charge is -2.45. The second-order valence-electron chi connectivity index (χ2n) is 19.4. The lowest BCUT2D eigenvalue weighted by molar-refractivity contribution is -0.297. The highest BCUT2D eigenvalue weighted by Gasteiger charge is 2.51. The van der Waals surface area contributed by atoms with Crippen molar-refractivity contribution < 1.29 is 37.3 Å². The summed E-state index contributed by atoms with van der Waals surface area (Å²) in [5, 5.41) is 2.30. The molecule has 0 radical (unpaired) electrons. The first-order chi connectivity index (χ1) is 28.7. The van der Waals surface area contributed by atoms with Gasteiger partial charge in [0, 0.05) is 32.5 Å². The molecule has 1 heterocycles. The van der Waals surface area contributed by atoms with E-state index in [1.807, 2.05) is 30.3 Å². The molecule has 3 aromatic rings. The molecule has 0 saturated carbocycles. The molecule has 0 N–H and O–H groups in total. The quantitative estimate of drug-likeness (QED) is 0.0427. The molecule has 61 heavy (non-hydrogen) atoms. The first-order valence-corrected chi connectivity index (χ1v) is 26.9. The van der Waals surface area contributed by atoms with E-state index in [-0.39, 0.29) is 40.5 Å². The van der Waals surface area contributed by atoms with Gasteiger partial charge < -0.3 is 32.5 Å². The smallest absolute Gasteiger partial charge is 0.311 e. The van der Waals surface area contributed by atoms with Crippen LogP contribution < -0.4 is 15.1 Å². The average Bonchev–Trinajstić information content (AvgIpc) is 3.23. The SMILES string of the molecule is C=C[C@@H](C)[C@@H](C[C@@H](CCCO[Si](c1ccccc1)(c1ccccc1)C(C)(C)C)OC(=O)C[C@]1(OC)C[C@H](OCc2ccc(OC)cc2)[C@@H](C)[C@H](C=C)O1)O[Si](C)(C)C(C)(C)C. The molecule has 1 aliphatic rings. The van der Waals surface area contributed by atoms with Gasteiger partial charge in [-0.3, -0.25) is 4.79 Å². The molecule has 1 fully saturated rings. The summed E-state index contributed by atoms with van der Waals surface area (Å²) in [6.45, 7) is 31.4. The Morgan fingerprint density at radius 1 is 0.902 bits per heavy atom. The van der Waals surface area contributed by atoms with Gasteiger partial charge in [0.05, 0.1) is 38.4 Å². The van der Waals surface area contributed by atoms with Crippen LogP contribution in [0, 0.1) is 11.8 Å². The monoisotopic (exact) mass is 873 g/mol. The number of carbonyl (C=O) groups excluding carboxylic acids is 1. The van der Waals surface area contributed by atoms with Crippen molar-refractivity contribution in [2.45, 2.75) is 147 Å². The maximum atomic E-state index is 14.3. The Morgan fingerprint density at radius 2 is 1.49 bits per heavy atom. The Hall–Kier alpha value is -3.36. The second-order valence-corrected chi connectivity index (χ2v) is 28.4. The van der Waals surface area contributed by atoms with Gasteiger partial charge in [-0.15, -0.1) is 13.2 Å². The topological polar surface area (TPSA) is 81.7 Å². The molecule has 3 aromatic carbocycles. The fourth-order valence-electron chi connectivity index (χ4n) is 8.13. The summed E-state index contributed by atoms with van der Waals surface area (Å²) in [6.07, 6.45) is 4.42. The van der Waals surface area contributed by atoms with Gasteiger partial charge in [0.25, 0.3) is 8.32 Å². The summed E-state index contributed by atoms with van der Waals surface area (Å²) in [5.41, 5.74) is 1.02. The van der Waals surface area contributed by atoms with E-state index in [9.17, 15) is 4.79 Å². The Balaban J connectivity index is 1.60. The minimum Gasteiger partial charge on any atom is -0.497 e. The van der Waals surface area contributed by atoms with Crippen molar-refractivity contribution in [1.29, 1.82) is 0 Å². The van der Waals surface area contributed by atoms with Crippen LogP contribution in [0.4, 0.5) is 0 Å². The largest absolute Gasteiger partial charge is 0.497 e. The molecule has 336 valence electrons. The number of esters is 1. The number of carbonyl (C=O) groups is 1. The lowest BCUT2D eigenvalue weighted by atomic mass is 9.87. The number of methoxy groups -OCH3 is 2. The summed E-state index contributed by atoms with van der Waals surface area (Å²) < 4.78 is 45.4. The van der Waals surface area contributed by atoms with Crippen LogP contribution in [0.2, 0.25) is 23.2 Å². The second kappa shape index (κ2) is 21.8. The highest BCUT2D eigenvalue weighted by molar-refractivity contribution is 6.99. The van der Waals surface area contributed by atoms with Crippen molar-refractivity contribution in [2.24, 2.45) is 11.8 Å². The van der Waals surface area contributed by atoms with Gasteiger partial charge in [-0.05, 0) is 70.0 Å². The molecule has 10 heteroatoms. The van der Waals surface area contributed by atoms with Crippen LogP contribution in [0.15, 0.2) is 110 Å². The molecule has 0 aliphatic carbocycles. The molecule has 0 unspecified atom stereocenters. The van der Waals surface area contributed by atoms with E-state index in [1.54, 1.807) is 20.3 Å². The maximum absolute atomic E-state index is 14.3. The highest BCUT2D eigenvalue weighted by Crippen LogP contribution is 2.41. The third kappa shape index (κ3) is 12.9. The van der Waals surface area contributed by atoms with Crippen LogP contribution >= 0.6 is 0 Å². The van der Waals surface area contributed by atoms with Crippen molar-refractivity contribution in [3.8, 4) is 5.75 Å². The minimum atomic E-state index is -2.76. The van der Waals surface area contributed by atoms with Crippen LogP contribution in [-0.4, -0.2) is 73.6 Å². The Labute approximate surface area is 370 Å². The third-order valence-electron chi connectivity index (χ3n) is 13.0. The first-order valence-electron chi connectivity index (χ1n) is 22.1. The number of hydrogen-bond donors (Lipinski definition) is 0. The number of benzene rings is 3. The fraction of sp³-hybridized carbons (Fsp3) is 0.549. The van der Waals surface area contributed by atoms with Crippen LogP contribution in [-0.2, 0) is 39.2 Å². The summed E-state index contributed by atoms with van der Waals surface area (Å²) in [4.78, 5) is 14.3. The number of rotatable bonds is 22. The van der Waals surface area contributed by atoms with Gasteiger partial charge in [-0.2, -0.15) is 0 Å². The number of hydrogen-bond acceptors (Lipinski definition) is 8. The van der Waals surface area contributed by atoms with Crippen molar-refractivity contribution >= 4 is 33.0 Å². The zero-order chi connectivity index (χ0) is 45.1. The van der Waals surface area contributed by atoms with E-state index in [1.165, 1.54) is 10.4 Å². The van der Waals surface area contributed by atoms with E-state index in [2.05, 4.69) is 142 Å². The standard InChI is InChI=1S/C51H76O8Si2/c1-15-38(3)46(59-60(13,14)49(5,6)7)34-42(24-23-33-56-61(50(8,9)10,43-25-19-17-20-26-43)44-27-21-18-22-28-44)57-48(52)36-51(54-12)35-47(39(4)45(16-2)58-51)55-37-40-29-31-41(53-11)32-30-40/h15-22,25-32,38-39,42,45-47H,1-2,23-24,33-37H2,3-14H3/t38-,39+,42-,45+,46-,47+,51+/m1/s1. The molecule has 0 amide bonds. The fourth-order valence-corrected chi connectivity index (χ4v) is 14.2. The molecule has 8 nitrogen and oxygen atoms in total. The molecule has 1 aliphatic heterocycles. The molecular weight excluding hydrogens is 797 g/mol. The molecule has 0 bridgehead atoms. The Morgan fingerprint density at radius 3 is 1.98 bits per heavy atom. The Bertz CT molecular complexity index is 1760. The van der Waals surface area contributed by atoms with Crippen LogP contribution in [0.25, 0.3) is 0 Å². The maximum Gasteiger partial charge on any atom is 0.311 e.